The number of hydrogen-bond acceptors (Lipinski definition) is 6. The van der Waals surface area contributed by atoms with Crippen LogP contribution in [-0.4, -0.2) is 37.2 Å². The van der Waals surface area contributed by atoms with Crippen molar-refractivity contribution in [2.45, 2.75) is 47.1 Å². The summed E-state index contributed by atoms with van der Waals surface area (Å²) in [5.41, 5.74) is 1.17. The summed E-state index contributed by atoms with van der Waals surface area (Å²) in [6, 6.07) is 0. The fourth-order valence-corrected chi connectivity index (χ4v) is 2.17. The van der Waals surface area contributed by atoms with Crippen LogP contribution in [-0.2, 0) is 28.4 Å². The smallest absolute Gasteiger partial charge is 0.375 e. The Kier molecular flexibility index (Phi) is 8.67. The summed E-state index contributed by atoms with van der Waals surface area (Å²) in [4.78, 5) is 0. The van der Waals surface area contributed by atoms with Gasteiger partial charge in [-0.2, -0.15) is 0 Å². The van der Waals surface area contributed by atoms with Crippen LogP contribution in [0.2, 0.25) is 0 Å². The van der Waals surface area contributed by atoms with Crippen LogP contribution in [0.3, 0.4) is 0 Å². The van der Waals surface area contributed by atoms with Gasteiger partial charge in [-0.25, -0.2) is 0 Å². The first-order chi connectivity index (χ1) is 10.6. The maximum atomic E-state index is 5.86. The normalized spacial score (nSPS) is 10.3. The van der Waals surface area contributed by atoms with Crippen molar-refractivity contribution in [2.75, 3.05) is 21.3 Å². The van der Waals surface area contributed by atoms with Crippen molar-refractivity contribution in [2.24, 2.45) is 0 Å². The van der Waals surface area contributed by atoms with E-state index in [1.807, 2.05) is 41.5 Å². The van der Waals surface area contributed by atoms with Crippen molar-refractivity contribution in [3.05, 3.63) is 34.6 Å². The predicted molar refractivity (Wildman–Crippen MR) is 92.1 cm³/mol. The predicted octanol–water partition coefficient (Wildman–Crippen LogP) is 2.71. The molecule has 0 saturated carbocycles. The highest BCUT2D eigenvalue weighted by Gasteiger charge is 2.36. The highest BCUT2D eigenvalue weighted by molar-refractivity contribution is 6.12. The molecule has 0 saturated heterocycles. The quantitative estimate of drug-likeness (QED) is 0.363. The molecule has 0 N–H and O–H groups in total. The zero-order valence-electron chi connectivity index (χ0n) is 15.9. The molecule has 23 heavy (non-hydrogen) atoms. The molecular formula is C16H30O6Si. The van der Waals surface area contributed by atoms with E-state index < -0.39 is 5.60 Å². The molecule has 0 aliphatic carbocycles. The molecule has 7 heteroatoms. The average Bonchev–Trinajstić information content (AvgIpc) is 2.47. The molecule has 0 aromatic heterocycles. The van der Waals surface area contributed by atoms with Gasteiger partial charge in [-0.05, 0) is 41.5 Å². The van der Waals surface area contributed by atoms with Crippen molar-refractivity contribution < 1.29 is 28.4 Å². The lowest BCUT2D eigenvalue weighted by Gasteiger charge is -2.33. The summed E-state index contributed by atoms with van der Waals surface area (Å²) in [6.45, 7) is 11.2. The van der Waals surface area contributed by atoms with Crippen LogP contribution < -0.4 is 0 Å². The van der Waals surface area contributed by atoms with Crippen molar-refractivity contribution >= 4 is 10.2 Å². The van der Waals surface area contributed by atoms with E-state index in [0.717, 1.165) is 16.7 Å². The number of allylic oxidation sites excluding steroid dienone is 3. The number of ether oxygens (including phenoxy) is 6. The minimum absolute atomic E-state index is 0.327. The van der Waals surface area contributed by atoms with Gasteiger partial charge in [0, 0.05) is 16.7 Å². The van der Waals surface area contributed by atoms with E-state index in [0.29, 0.717) is 28.1 Å². The van der Waals surface area contributed by atoms with Gasteiger partial charge in [0.1, 0.15) is 0 Å². The van der Waals surface area contributed by atoms with E-state index in [1.165, 1.54) is 21.3 Å². The number of rotatable bonds is 9. The van der Waals surface area contributed by atoms with Crippen LogP contribution in [0.15, 0.2) is 34.6 Å². The Morgan fingerprint density at radius 3 is 0.913 bits per heavy atom. The molecule has 0 atom stereocenters. The number of hydrogen-bond donors (Lipinski definition) is 0. The standard InChI is InChI=1S/C16H30O6Si/c1-10(2)13(17-7)20-16(23,21-14(18-8)11(3)4)22-15(19-9)12(5)6/h1-9,23H3. The molecule has 0 spiro atoms. The summed E-state index contributed by atoms with van der Waals surface area (Å²) in [7, 11) is 4.94. The third-order valence-corrected chi connectivity index (χ3v) is 3.23. The molecule has 0 fully saturated rings. The molecule has 0 radical (unpaired) electrons. The van der Waals surface area contributed by atoms with Crippen molar-refractivity contribution in [3.63, 3.8) is 0 Å². The van der Waals surface area contributed by atoms with E-state index in [9.17, 15) is 0 Å². The van der Waals surface area contributed by atoms with Crippen LogP contribution in [0.5, 0.6) is 0 Å². The molecule has 0 aromatic rings. The summed E-state index contributed by atoms with van der Waals surface area (Å²) >= 11 is 0. The summed E-state index contributed by atoms with van der Waals surface area (Å²) < 4.78 is 33.4. The van der Waals surface area contributed by atoms with Crippen molar-refractivity contribution in [1.29, 1.82) is 0 Å². The van der Waals surface area contributed by atoms with Crippen molar-refractivity contribution in [3.8, 4) is 0 Å². The average molecular weight is 346 g/mol. The van der Waals surface area contributed by atoms with Gasteiger partial charge >= 0.3 is 5.60 Å². The van der Waals surface area contributed by atoms with Gasteiger partial charge in [-0.1, -0.05) is 0 Å². The molecule has 0 aliphatic rings. The van der Waals surface area contributed by atoms with E-state index >= 15 is 0 Å². The van der Waals surface area contributed by atoms with Crippen LogP contribution in [0.25, 0.3) is 0 Å². The Hall–Kier alpha value is -1.76. The zero-order chi connectivity index (χ0) is 18.2. The minimum Gasteiger partial charge on any atom is -0.469 e. The summed E-state index contributed by atoms with van der Waals surface area (Å²) in [5.74, 6) is 0.982. The van der Waals surface area contributed by atoms with Gasteiger partial charge < -0.3 is 28.4 Å². The van der Waals surface area contributed by atoms with Gasteiger partial charge in [0.05, 0.1) is 21.3 Å². The van der Waals surface area contributed by atoms with Crippen LogP contribution >= 0.6 is 0 Å². The van der Waals surface area contributed by atoms with Gasteiger partial charge in [0.2, 0.25) is 0 Å². The third kappa shape index (κ3) is 6.90. The monoisotopic (exact) mass is 346 g/mol. The Morgan fingerprint density at radius 2 is 0.783 bits per heavy atom. The van der Waals surface area contributed by atoms with Gasteiger partial charge in [-0.3, -0.25) is 0 Å². The molecule has 0 aliphatic heterocycles. The molecule has 134 valence electrons. The highest BCUT2D eigenvalue weighted by atomic mass is 28.1. The highest BCUT2D eigenvalue weighted by Crippen LogP contribution is 2.27. The lowest BCUT2D eigenvalue weighted by molar-refractivity contribution is -0.317. The van der Waals surface area contributed by atoms with E-state index in [1.54, 1.807) is 0 Å². The first kappa shape index (κ1) is 21.2. The van der Waals surface area contributed by atoms with Gasteiger partial charge in [0.15, 0.2) is 10.2 Å². The lowest BCUT2D eigenvalue weighted by Crippen LogP contribution is -2.40. The first-order valence-electron chi connectivity index (χ1n) is 7.31. The van der Waals surface area contributed by atoms with Crippen LogP contribution in [0.4, 0.5) is 0 Å². The first-order valence-corrected chi connectivity index (χ1v) is 8.31. The number of methoxy groups -OCH3 is 3. The molecule has 0 amide bonds. The van der Waals surface area contributed by atoms with Crippen LogP contribution in [0, 0.1) is 0 Å². The molecule has 6 nitrogen and oxygen atoms in total. The zero-order valence-corrected chi connectivity index (χ0v) is 17.9. The molecule has 0 aromatic carbocycles. The fraction of sp³-hybridized carbons (Fsp3) is 0.625. The summed E-state index contributed by atoms with van der Waals surface area (Å²) in [5, 5.41) is 0. The van der Waals surface area contributed by atoms with E-state index in [4.69, 9.17) is 28.4 Å². The SMILES string of the molecule is COC(OC([SiH3])(OC(OC)=C(C)C)OC(OC)=C(C)C)=C(C)C. The Bertz CT molecular complexity index is 411. The van der Waals surface area contributed by atoms with Gasteiger partial charge in [0.25, 0.3) is 17.8 Å². The third-order valence-electron chi connectivity index (χ3n) is 2.62. The molecule has 0 heterocycles. The minimum atomic E-state index is -1.39. The maximum Gasteiger partial charge on any atom is 0.375 e. The Labute approximate surface area is 142 Å². The van der Waals surface area contributed by atoms with Crippen molar-refractivity contribution in [1.82, 2.24) is 0 Å². The molecular weight excluding hydrogens is 316 g/mol. The maximum absolute atomic E-state index is 5.86. The topological polar surface area (TPSA) is 55.4 Å². The fourth-order valence-electron chi connectivity index (χ4n) is 1.61. The second-order valence-corrected chi connectivity index (χ2v) is 6.87. The van der Waals surface area contributed by atoms with E-state index in [2.05, 4.69) is 0 Å². The molecule has 0 rings (SSSR count). The van der Waals surface area contributed by atoms with E-state index in [-0.39, 0.29) is 0 Å². The lowest BCUT2D eigenvalue weighted by atomic mass is 10.4. The largest absolute Gasteiger partial charge is 0.469 e. The Balaban J connectivity index is 5.74. The molecule has 0 bridgehead atoms. The summed E-state index contributed by atoms with van der Waals surface area (Å²) in [6.07, 6.45) is 0. The van der Waals surface area contributed by atoms with Gasteiger partial charge in [-0.15, -0.1) is 0 Å². The molecule has 0 unspecified atom stereocenters. The Morgan fingerprint density at radius 1 is 0.565 bits per heavy atom. The second kappa shape index (κ2) is 9.39. The second-order valence-electron chi connectivity index (χ2n) is 5.64. The van der Waals surface area contributed by atoms with Crippen LogP contribution in [0.1, 0.15) is 41.5 Å².